The Morgan fingerprint density at radius 2 is 0.796 bits per heavy atom. The molecule has 21 nitrogen and oxygen atoms in total. The van der Waals surface area contributed by atoms with Crippen molar-refractivity contribution in [3.05, 3.63) is 187 Å². The highest BCUT2D eigenvalue weighted by Gasteiger charge is 2.27. The lowest BCUT2D eigenvalue weighted by atomic mass is 10.1. The summed E-state index contributed by atoms with van der Waals surface area (Å²) in [5, 5.41) is 16.2. The number of pyridine rings is 4. The van der Waals surface area contributed by atoms with E-state index in [4.69, 9.17) is 14.9 Å². The zero-order valence-corrected chi connectivity index (χ0v) is 57.1. The molecular weight excluding hydrogens is 1260 g/mol. The minimum Gasteiger partial charge on any atom is -0.444 e. The number of anilines is 5. The zero-order valence-electron chi connectivity index (χ0n) is 56.3. The van der Waals surface area contributed by atoms with Crippen LogP contribution in [0.4, 0.5) is 33.8 Å². The van der Waals surface area contributed by atoms with E-state index < -0.39 is 17.3 Å². The number of hydrogen-bond donors (Lipinski definition) is 3. The molecule has 10 aromatic rings. The number of hydrogen-bond acceptors (Lipinski definition) is 17. The second kappa shape index (κ2) is 34.2. The van der Waals surface area contributed by atoms with Crippen LogP contribution in [0.15, 0.2) is 186 Å². The van der Waals surface area contributed by atoms with Crippen LogP contribution in [-0.2, 0) is 19.1 Å². The maximum absolute atomic E-state index is 12.7. The molecule has 0 saturated carbocycles. The van der Waals surface area contributed by atoms with Gasteiger partial charge in [-0.1, -0.05) is 109 Å². The highest BCUT2D eigenvalue weighted by atomic mass is 35.5. The van der Waals surface area contributed by atoms with Crippen LogP contribution >= 0.6 is 12.4 Å². The number of fused-ring (bicyclic) bond motifs is 5. The average molecular weight is 1350 g/mol. The highest BCUT2D eigenvalue weighted by Crippen LogP contribution is 2.30. The molecule has 0 aliphatic carbocycles. The number of ether oxygens (including phenoxy) is 1. The fourth-order valence-corrected chi connectivity index (χ4v) is 12.8. The van der Waals surface area contributed by atoms with Gasteiger partial charge in [-0.25, -0.2) is 29.5 Å². The van der Waals surface area contributed by atoms with Crippen molar-refractivity contribution in [3.8, 4) is 0 Å². The smallest absolute Gasteiger partial charge is 0.407 e. The van der Waals surface area contributed by atoms with Crippen LogP contribution in [0.25, 0.3) is 54.1 Å². The Kier molecular flexibility index (Phi) is 24.7. The lowest BCUT2D eigenvalue weighted by Crippen LogP contribution is -2.49. The lowest BCUT2D eigenvalue weighted by Gasteiger charge is -2.36. The first-order valence-corrected chi connectivity index (χ1v) is 33.9. The van der Waals surface area contributed by atoms with E-state index in [-0.39, 0.29) is 43.1 Å². The number of nitrogens with two attached hydrogens (primary N) is 1. The van der Waals surface area contributed by atoms with Crippen molar-refractivity contribution in [2.75, 3.05) is 136 Å². The molecule has 22 heteroatoms. The van der Waals surface area contributed by atoms with Gasteiger partial charge < -0.3 is 59.8 Å². The van der Waals surface area contributed by atoms with E-state index in [9.17, 15) is 24.0 Å². The summed E-state index contributed by atoms with van der Waals surface area (Å²) in [6, 6.07) is 50.2. The van der Waals surface area contributed by atoms with Gasteiger partial charge in [0, 0.05) is 188 Å². The Labute approximate surface area is 578 Å². The molecule has 0 bridgehead atoms. The molecule has 4 saturated heterocycles. The first-order valence-electron chi connectivity index (χ1n) is 33.9. The molecule has 98 heavy (non-hydrogen) atoms. The monoisotopic (exact) mass is 1340 g/mol. The van der Waals surface area contributed by atoms with Gasteiger partial charge in [-0.15, -0.1) is 12.4 Å². The number of benzene rings is 5. The number of amides is 4. The van der Waals surface area contributed by atoms with Crippen molar-refractivity contribution in [1.82, 2.24) is 40.0 Å². The first kappa shape index (κ1) is 70.7. The Balaban J connectivity index is 0.000000145. The standard InChI is InChI=1S/C25H24N4O3.C21H28N4O3.C16H20N4O.C14H16N2.ClH/c30-23(10-12-26-21-17-24(31)32-22-8-4-3-7-20(21)22)28-13-15-29(16-14-28)25-19-6-2-1-5-18(19)9-11-27-25;1-21(2,3)28-20(27)23-11-9-18(26)24-12-14-25(15-13-24)19-17-7-5-4-6-16(17)8-10-22-19;17-7-5-15(21)19-9-11-20(12-10-19)16-14-4-2-1-3-13(14)6-8-18-16;1-4-10-16(11-5-1)14-13-7-3-2-6-12(13)8-9-15-14;/h1-9,11,17,26H,10,12-16H2;4-8,10H,9,11-15H2,1-3H3,(H,23,27);1-4,6,8H,5,7,9-12,17H2;2-3,6-9H,1,4-5,10-11H2;1H. The number of piperazine rings is 3. The summed E-state index contributed by atoms with van der Waals surface area (Å²) in [5.41, 5.74) is 5.73. The molecule has 512 valence electrons. The van der Waals surface area contributed by atoms with Crippen molar-refractivity contribution < 1.29 is 28.3 Å². The summed E-state index contributed by atoms with van der Waals surface area (Å²) < 4.78 is 10.4. The van der Waals surface area contributed by atoms with Gasteiger partial charge in [0.1, 0.15) is 34.5 Å². The maximum Gasteiger partial charge on any atom is 0.407 e. The number of nitrogens with one attached hydrogen (secondary N) is 2. The molecule has 4 fully saturated rings. The number of carbonyl (C=O) groups excluding carboxylic acids is 4. The van der Waals surface area contributed by atoms with E-state index in [1.807, 2.05) is 133 Å². The number of para-hydroxylation sites is 1. The molecule has 14 rings (SSSR count). The molecule has 4 aliphatic rings. The van der Waals surface area contributed by atoms with Crippen LogP contribution in [0.5, 0.6) is 0 Å². The highest BCUT2D eigenvalue weighted by molar-refractivity contribution is 5.95. The van der Waals surface area contributed by atoms with Gasteiger partial charge in [0.2, 0.25) is 17.7 Å². The summed E-state index contributed by atoms with van der Waals surface area (Å²) in [6.07, 6.45) is 12.0. The van der Waals surface area contributed by atoms with E-state index in [1.165, 1.54) is 57.6 Å². The number of piperidine rings is 1. The van der Waals surface area contributed by atoms with Gasteiger partial charge in [0.25, 0.3) is 0 Å². The molecule has 5 aromatic heterocycles. The molecule has 0 unspecified atom stereocenters. The van der Waals surface area contributed by atoms with Gasteiger partial charge in [-0.3, -0.25) is 14.4 Å². The fourth-order valence-electron chi connectivity index (χ4n) is 12.8. The average Bonchev–Trinajstić information content (AvgIpc) is 0.828. The molecule has 4 aliphatic heterocycles. The first-order chi connectivity index (χ1) is 47.3. The summed E-state index contributed by atoms with van der Waals surface area (Å²) in [6.45, 7) is 17.6. The zero-order chi connectivity index (χ0) is 67.5. The SMILES string of the molecule is CC(C)(C)OC(=O)NCCC(=O)N1CCN(c2nccc3ccccc23)CC1.Cl.NCCC(=O)N1CCN(c2nccc3ccccc23)CC1.O=C(CCNc1cc(=O)oc2ccccc12)N1CCN(c2nccc3ccccc23)CC1.c1ccc2c(N3CCCCC3)nccc2c1. The Morgan fingerprint density at radius 3 is 1.18 bits per heavy atom. The van der Waals surface area contributed by atoms with Gasteiger partial charge >= 0.3 is 11.7 Å². The summed E-state index contributed by atoms with van der Waals surface area (Å²) in [5.74, 6) is 4.43. The molecule has 0 spiro atoms. The topological polar surface area (TPSA) is 232 Å². The number of alkyl carbamates (subject to hydrolysis) is 1. The number of rotatable bonds is 13. The molecular formula is C76H89ClN14O7. The number of nitrogens with zero attached hydrogens (tertiary/aromatic N) is 11. The van der Waals surface area contributed by atoms with E-state index in [1.54, 1.807) is 6.07 Å². The van der Waals surface area contributed by atoms with Crippen LogP contribution in [0.1, 0.15) is 59.3 Å². The van der Waals surface area contributed by atoms with Crippen molar-refractivity contribution >= 4 is 119 Å². The molecule has 4 N–H and O–H groups in total. The largest absolute Gasteiger partial charge is 0.444 e. The van der Waals surface area contributed by atoms with Crippen molar-refractivity contribution in [3.63, 3.8) is 0 Å². The lowest BCUT2D eigenvalue weighted by molar-refractivity contribution is -0.132. The van der Waals surface area contributed by atoms with Gasteiger partial charge in [0.05, 0.1) is 5.69 Å². The van der Waals surface area contributed by atoms with Crippen LogP contribution in [0, 0.1) is 0 Å². The Hall–Kier alpha value is -10.1. The molecule has 5 aromatic carbocycles. The van der Waals surface area contributed by atoms with Crippen LogP contribution in [-0.4, -0.2) is 175 Å². The summed E-state index contributed by atoms with van der Waals surface area (Å²) >= 11 is 0. The van der Waals surface area contributed by atoms with Gasteiger partial charge in [-0.2, -0.15) is 0 Å². The van der Waals surface area contributed by atoms with Crippen molar-refractivity contribution in [2.45, 2.75) is 64.9 Å². The van der Waals surface area contributed by atoms with Crippen LogP contribution < -0.4 is 41.6 Å². The Morgan fingerprint density at radius 1 is 0.449 bits per heavy atom. The number of halogens is 1. The third kappa shape index (κ3) is 18.5. The van der Waals surface area contributed by atoms with E-state index >= 15 is 0 Å². The number of carbonyl (C=O) groups is 4. The van der Waals surface area contributed by atoms with Crippen molar-refractivity contribution in [2.24, 2.45) is 5.73 Å². The van der Waals surface area contributed by atoms with E-state index in [0.717, 1.165) is 105 Å². The normalized spacial score (nSPS) is 14.9. The molecule has 4 amide bonds. The maximum atomic E-state index is 12.7. The third-order valence-corrected chi connectivity index (χ3v) is 17.7. The summed E-state index contributed by atoms with van der Waals surface area (Å²) in [7, 11) is 0. The van der Waals surface area contributed by atoms with E-state index in [0.29, 0.717) is 63.4 Å². The van der Waals surface area contributed by atoms with Gasteiger partial charge in [-0.05, 0) is 98.0 Å². The molecule has 9 heterocycles. The van der Waals surface area contributed by atoms with E-state index in [2.05, 4.69) is 117 Å². The van der Waals surface area contributed by atoms with Gasteiger partial charge in [0.15, 0.2) is 0 Å². The van der Waals surface area contributed by atoms with Crippen LogP contribution in [0.3, 0.4) is 0 Å². The minimum atomic E-state index is -0.542. The molecule has 0 atom stereocenters. The summed E-state index contributed by atoms with van der Waals surface area (Å²) in [4.78, 5) is 93.5. The predicted molar refractivity (Wildman–Crippen MR) is 395 cm³/mol. The van der Waals surface area contributed by atoms with Crippen molar-refractivity contribution in [1.29, 1.82) is 0 Å². The minimum absolute atomic E-state index is 0. The molecule has 0 radical (unpaired) electrons. The second-order valence-electron chi connectivity index (χ2n) is 25.4. The predicted octanol–water partition coefficient (Wildman–Crippen LogP) is 11.2. The number of aromatic nitrogens is 4. The third-order valence-electron chi connectivity index (χ3n) is 17.7. The Bertz CT molecular complexity index is 4350. The fraction of sp³-hybridized carbons (Fsp3) is 0.355. The second-order valence-corrected chi connectivity index (χ2v) is 25.4. The van der Waals surface area contributed by atoms with Crippen LogP contribution in [0.2, 0.25) is 0 Å². The quantitative estimate of drug-likeness (QED) is 0.0911.